The summed E-state index contributed by atoms with van der Waals surface area (Å²) in [6.07, 6.45) is 0.752. The first-order valence-corrected chi connectivity index (χ1v) is 11.6. The first kappa shape index (κ1) is 31.3. The van der Waals surface area contributed by atoms with Crippen LogP contribution in [0.5, 0.6) is 0 Å². The molecule has 204 valence electrons. The van der Waals surface area contributed by atoms with E-state index in [1.54, 1.807) is 0 Å². The van der Waals surface area contributed by atoms with Crippen LogP contribution in [0.2, 0.25) is 0 Å². The maximum absolute atomic E-state index is 11.9. The second kappa shape index (κ2) is 17.6. The molecule has 5 unspecified atom stereocenters. The third kappa shape index (κ3) is 12.8. The molecular weight excluding hydrogens is 480 g/mol. The Morgan fingerprint density at radius 3 is 2.28 bits per heavy atom. The van der Waals surface area contributed by atoms with Gasteiger partial charge in [-0.15, -0.1) is 6.42 Å². The number of esters is 2. The molecule has 1 rings (SSSR count). The van der Waals surface area contributed by atoms with Crippen LogP contribution in [0, 0.1) is 12.3 Å². The maximum atomic E-state index is 11.9. The number of amides is 2. The van der Waals surface area contributed by atoms with Crippen molar-refractivity contribution in [2.45, 2.75) is 70.9 Å². The van der Waals surface area contributed by atoms with Gasteiger partial charge in [-0.25, -0.2) is 0 Å². The fourth-order valence-electron chi connectivity index (χ4n) is 3.23. The van der Waals surface area contributed by atoms with Crippen molar-refractivity contribution < 1.29 is 52.7 Å². The highest BCUT2D eigenvalue weighted by atomic mass is 16.8. The molecule has 1 heterocycles. The van der Waals surface area contributed by atoms with Gasteiger partial charge in [0.15, 0.2) is 18.5 Å². The normalized spacial score (nSPS) is 23.2. The van der Waals surface area contributed by atoms with Crippen LogP contribution in [-0.4, -0.2) is 99.3 Å². The van der Waals surface area contributed by atoms with Gasteiger partial charge in [0.25, 0.3) is 0 Å². The predicted molar refractivity (Wildman–Crippen MR) is 123 cm³/mol. The van der Waals surface area contributed by atoms with Gasteiger partial charge in [0.2, 0.25) is 18.1 Å². The van der Waals surface area contributed by atoms with Gasteiger partial charge in [-0.1, -0.05) is 5.92 Å². The zero-order chi connectivity index (χ0) is 26.9. The highest BCUT2D eigenvalue weighted by Crippen LogP contribution is 2.26. The lowest BCUT2D eigenvalue weighted by Crippen LogP contribution is -2.65. The first-order chi connectivity index (χ1) is 17.1. The third-order valence-electron chi connectivity index (χ3n) is 4.69. The molecule has 1 aliphatic rings. The Balaban J connectivity index is 2.47. The number of hydrogen-bond acceptors (Lipinski definition) is 11. The van der Waals surface area contributed by atoms with Crippen molar-refractivity contribution in [2.75, 3.05) is 39.6 Å². The van der Waals surface area contributed by atoms with E-state index < -0.39 is 48.7 Å². The number of nitrogens with one attached hydrogen (secondary N) is 2. The Kier molecular flexibility index (Phi) is 15.3. The molecule has 5 atom stereocenters. The summed E-state index contributed by atoms with van der Waals surface area (Å²) in [4.78, 5) is 46.6. The SMILES string of the molecule is C#CCOCCOCCNC(=O)CCCCOC1OC(OC(C)=O)C(O)C(OC(C)=O)C1NC(C)=O. The zero-order valence-electron chi connectivity index (χ0n) is 20.9. The van der Waals surface area contributed by atoms with Gasteiger partial charge >= 0.3 is 11.9 Å². The molecule has 0 radical (unpaired) electrons. The van der Waals surface area contributed by atoms with E-state index >= 15 is 0 Å². The largest absolute Gasteiger partial charge is 0.457 e. The number of aliphatic hydroxyl groups excluding tert-OH is 1. The minimum atomic E-state index is -1.56. The minimum absolute atomic E-state index is 0.116. The quantitative estimate of drug-likeness (QED) is 0.131. The van der Waals surface area contributed by atoms with Crippen molar-refractivity contribution in [3.63, 3.8) is 0 Å². The molecule has 0 aliphatic carbocycles. The first-order valence-electron chi connectivity index (χ1n) is 11.6. The van der Waals surface area contributed by atoms with Crippen LogP contribution >= 0.6 is 0 Å². The summed E-state index contributed by atoms with van der Waals surface area (Å²) < 4.78 is 31.7. The Bertz CT molecular complexity index is 755. The summed E-state index contributed by atoms with van der Waals surface area (Å²) >= 11 is 0. The lowest BCUT2D eigenvalue weighted by molar-refractivity contribution is -0.319. The summed E-state index contributed by atoms with van der Waals surface area (Å²) in [5.41, 5.74) is 0. The molecule has 3 N–H and O–H groups in total. The molecule has 0 bridgehead atoms. The number of aliphatic hydroxyl groups is 1. The number of hydrogen-bond donors (Lipinski definition) is 3. The minimum Gasteiger partial charge on any atom is -0.457 e. The van der Waals surface area contributed by atoms with E-state index in [9.17, 15) is 24.3 Å². The van der Waals surface area contributed by atoms with Crippen molar-refractivity contribution in [3.05, 3.63) is 0 Å². The van der Waals surface area contributed by atoms with Crippen molar-refractivity contribution >= 4 is 23.8 Å². The van der Waals surface area contributed by atoms with Gasteiger partial charge in [-0.05, 0) is 12.8 Å². The Morgan fingerprint density at radius 1 is 0.944 bits per heavy atom. The number of unbranched alkanes of at least 4 members (excludes halogenated alkanes) is 1. The van der Waals surface area contributed by atoms with E-state index in [-0.39, 0.29) is 25.5 Å². The summed E-state index contributed by atoms with van der Waals surface area (Å²) in [7, 11) is 0. The fourth-order valence-corrected chi connectivity index (χ4v) is 3.23. The van der Waals surface area contributed by atoms with Crippen LogP contribution in [0.1, 0.15) is 40.0 Å². The number of ether oxygens (including phenoxy) is 6. The van der Waals surface area contributed by atoms with Gasteiger partial charge in [-0.2, -0.15) is 0 Å². The van der Waals surface area contributed by atoms with Crippen molar-refractivity contribution in [2.24, 2.45) is 0 Å². The van der Waals surface area contributed by atoms with Gasteiger partial charge in [0, 0.05) is 40.3 Å². The van der Waals surface area contributed by atoms with Gasteiger partial charge < -0.3 is 44.2 Å². The van der Waals surface area contributed by atoms with E-state index in [2.05, 4.69) is 16.6 Å². The summed E-state index contributed by atoms with van der Waals surface area (Å²) in [6, 6.07) is -1.06. The van der Waals surface area contributed by atoms with Crippen LogP contribution in [-0.2, 0) is 47.6 Å². The summed E-state index contributed by atoms with van der Waals surface area (Å²) in [6.45, 7) is 5.31. The molecule has 1 saturated heterocycles. The zero-order valence-corrected chi connectivity index (χ0v) is 20.9. The highest BCUT2D eigenvalue weighted by Gasteiger charge is 2.49. The van der Waals surface area contributed by atoms with E-state index in [4.69, 9.17) is 34.8 Å². The van der Waals surface area contributed by atoms with Crippen LogP contribution in [0.15, 0.2) is 0 Å². The second-order valence-corrected chi connectivity index (χ2v) is 7.82. The molecule has 13 nitrogen and oxygen atoms in total. The number of rotatable bonds is 16. The van der Waals surface area contributed by atoms with Crippen LogP contribution in [0.4, 0.5) is 0 Å². The van der Waals surface area contributed by atoms with Crippen LogP contribution in [0.3, 0.4) is 0 Å². The molecule has 36 heavy (non-hydrogen) atoms. The van der Waals surface area contributed by atoms with Gasteiger partial charge in [0.1, 0.15) is 12.6 Å². The molecule has 13 heteroatoms. The average molecular weight is 517 g/mol. The monoisotopic (exact) mass is 516 g/mol. The molecule has 0 aromatic heterocycles. The van der Waals surface area contributed by atoms with E-state index in [0.29, 0.717) is 39.2 Å². The van der Waals surface area contributed by atoms with E-state index in [1.807, 2.05) is 0 Å². The maximum Gasteiger partial charge on any atom is 0.305 e. The fraction of sp³-hybridized carbons (Fsp3) is 0.739. The highest BCUT2D eigenvalue weighted by molar-refractivity contribution is 5.75. The summed E-state index contributed by atoms with van der Waals surface area (Å²) in [5.74, 6) is 0.268. The molecule has 0 saturated carbocycles. The molecule has 0 spiro atoms. The molecule has 1 aliphatic heterocycles. The number of carbonyl (C=O) groups excluding carboxylic acids is 4. The van der Waals surface area contributed by atoms with E-state index in [1.165, 1.54) is 6.92 Å². The van der Waals surface area contributed by atoms with E-state index in [0.717, 1.165) is 13.8 Å². The lowest BCUT2D eigenvalue weighted by atomic mass is 10.0. The Morgan fingerprint density at radius 2 is 1.64 bits per heavy atom. The standard InChI is InChI=1S/C23H36N2O11/c1-5-10-31-13-14-32-12-9-24-18(29)8-6-7-11-33-22-19(25-15(2)26)21(34-16(3)27)20(30)23(36-22)35-17(4)28/h1,19-23,30H,6-14H2,2-4H3,(H,24,29)(H,25,26). The van der Waals surface area contributed by atoms with Gasteiger partial charge in [0.05, 0.1) is 19.8 Å². The van der Waals surface area contributed by atoms with Crippen LogP contribution in [0.25, 0.3) is 0 Å². The average Bonchev–Trinajstić information content (AvgIpc) is 2.79. The second-order valence-electron chi connectivity index (χ2n) is 7.82. The molecule has 0 aromatic rings. The molecule has 2 amide bonds. The van der Waals surface area contributed by atoms with Crippen molar-refractivity contribution in [1.29, 1.82) is 0 Å². The number of terminal acetylenes is 1. The lowest BCUT2D eigenvalue weighted by Gasteiger charge is -2.43. The van der Waals surface area contributed by atoms with Crippen molar-refractivity contribution in [3.8, 4) is 12.3 Å². The molecule has 0 aromatic carbocycles. The van der Waals surface area contributed by atoms with Crippen molar-refractivity contribution in [1.82, 2.24) is 10.6 Å². The molecular formula is C23H36N2O11. The smallest absolute Gasteiger partial charge is 0.305 e. The topological polar surface area (TPSA) is 168 Å². The Hall–Kier alpha value is -2.76. The summed E-state index contributed by atoms with van der Waals surface area (Å²) in [5, 5.41) is 15.8. The molecule has 1 fully saturated rings. The predicted octanol–water partition coefficient (Wildman–Crippen LogP) is -1.00. The third-order valence-corrected chi connectivity index (χ3v) is 4.69. The number of carbonyl (C=O) groups is 4. The Labute approximate surface area is 210 Å². The van der Waals surface area contributed by atoms with Gasteiger partial charge in [-0.3, -0.25) is 19.2 Å². The van der Waals surface area contributed by atoms with Crippen LogP contribution < -0.4 is 10.6 Å².